The fourth-order valence-corrected chi connectivity index (χ4v) is 2.15. The van der Waals surface area contributed by atoms with Crippen LogP contribution in [0.3, 0.4) is 0 Å². The molecule has 1 aliphatic rings. The summed E-state index contributed by atoms with van der Waals surface area (Å²) in [4.78, 5) is 6.48. The number of benzene rings is 1. The first kappa shape index (κ1) is 9.93. The molecule has 1 atom stereocenters. The lowest BCUT2D eigenvalue weighted by atomic mass is 10.3. The first-order chi connectivity index (χ1) is 7.72. The molecule has 0 radical (unpaired) electrons. The average Bonchev–Trinajstić information content (AvgIpc) is 2.83. The summed E-state index contributed by atoms with van der Waals surface area (Å²) in [6, 6.07) is 6.31. The third-order valence-electron chi connectivity index (χ3n) is 2.83. The van der Waals surface area contributed by atoms with Gasteiger partial charge in [-0.15, -0.1) is 0 Å². The molecule has 1 unspecified atom stereocenters. The second-order valence-corrected chi connectivity index (χ2v) is 4.54. The van der Waals surface area contributed by atoms with Crippen LogP contribution in [0, 0.1) is 0 Å². The van der Waals surface area contributed by atoms with E-state index >= 15 is 0 Å². The lowest BCUT2D eigenvalue weighted by Gasteiger charge is -2.11. The zero-order chi connectivity index (χ0) is 11.1. The van der Waals surface area contributed by atoms with Crippen LogP contribution in [0.5, 0.6) is 0 Å². The second-order valence-electron chi connectivity index (χ2n) is 4.10. The van der Waals surface area contributed by atoms with Crippen LogP contribution in [0.15, 0.2) is 22.6 Å². The molecule has 2 aromatic rings. The van der Waals surface area contributed by atoms with Gasteiger partial charge in [0.15, 0.2) is 5.58 Å². The van der Waals surface area contributed by atoms with E-state index in [1.54, 1.807) is 12.1 Å². The molecule has 5 heteroatoms. The van der Waals surface area contributed by atoms with Crippen molar-refractivity contribution in [2.24, 2.45) is 5.73 Å². The number of hydrogen-bond acceptors (Lipinski definition) is 4. The third-order valence-corrected chi connectivity index (χ3v) is 3.07. The van der Waals surface area contributed by atoms with E-state index in [1.165, 1.54) is 0 Å². The quantitative estimate of drug-likeness (QED) is 0.825. The van der Waals surface area contributed by atoms with Crippen molar-refractivity contribution in [1.29, 1.82) is 0 Å². The lowest BCUT2D eigenvalue weighted by molar-refractivity contribution is 0.583. The van der Waals surface area contributed by atoms with Crippen LogP contribution in [0.4, 0.5) is 6.01 Å². The van der Waals surface area contributed by atoms with Gasteiger partial charge in [0.2, 0.25) is 0 Å². The number of fused-ring (bicyclic) bond motifs is 1. The predicted molar refractivity (Wildman–Crippen MR) is 63.8 cm³/mol. The summed E-state index contributed by atoms with van der Waals surface area (Å²) in [7, 11) is 0. The molecule has 4 nitrogen and oxygen atoms in total. The summed E-state index contributed by atoms with van der Waals surface area (Å²) in [6.07, 6.45) is 0.986. The Balaban J connectivity index is 1.99. The first-order valence-corrected chi connectivity index (χ1v) is 5.67. The summed E-state index contributed by atoms with van der Waals surface area (Å²) in [6.45, 7) is 1.71. The number of nitrogens with two attached hydrogens (primary N) is 1. The Morgan fingerprint density at radius 3 is 3.12 bits per heavy atom. The number of hydrogen-bond donors (Lipinski definition) is 1. The van der Waals surface area contributed by atoms with Gasteiger partial charge in [-0.3, -0.25) is 0 Å². The van der Waals surface area contributed by atoms with Crippen molar-refractivity contribution in [3.63, 3.8) is 0 Å². The SMILES string of the molecule is NC1CCN(c2nc3cc(Cl)ccc3o2)C1. The molecule has 3 rings (SSSR count). The number of rotatable bonds is 1. The molecule has 0 saturated carbocycles. The van der Waals surface area contributed by atoms with E-state index in [2.05, 4.69) is 9.88 Å². The fourth-order valence-electron chi connectivity index (χ4n) is 1.98. The van der Waals surface area contributed by atoms with Crippen LogP contribution in [0.25, 0.3) is 11.1 Å². The Labute approximate surface area is 98.0 Å². The largest absolute Gasteiger partial charge is 0.423 e. The van der Waals surface area contributed by atoms with Crippen molar-refractivity contribution in [2.45, 2.75) is 12.5 Å². The van der Waals surface area contributed by atoms with E-state index in [4.69, 9.17) is 21.8 Å². The molecule has 0 amide bonds. The van der Waals surface area contributed by atoms with Crippen molar-refractivity contribution >= 4 is 28.7 Å². The normalized spacial score (nSPS) is 20.9. The van der Waals surface area contributed by atoms with E-state index < -0.39 is 0 Å². The minimum Gasteiger partial charge on any atom is -0.423 e. The molecule has 1 fully saturated rings. The Morgan fingerprint density at radius 1 is 1.50 bits per heavy atom. The molecule has 2 N–H and O–H groups in total. The van der Waals surface area contributed by atoms with Crippen LogP contribution in [-0.2, 0) is 0 Å². The Morgan fingerprint density at radius 2 is 2.38 bits per heavy atom. The summed E-state index contributed by atoms with van der Waals surface area (Å²) in [5.41, 5.74) is 7.41. The van der Waals surface area contributed by atoms with Crippen molar-refractivity contribution in [1.82, 2.24) is 4.98 Å². The first-order valence-electron chi connectivity index (χ1n) is 5.29. The Hall–Kier alpha value is -1.26. The Kier molecular flexibility index (Phi) is 2.26. The van der Waals surface area contributed by atoms with Crippen LogP contribution in [0.2, 0.25) is 5.02 Å². The summed E-state index contributed by atoms with van der Waals surface area (Å²) < 4.78 is 5.66. The highest BCUT2D eigenvalue weighted by Crippen LogP contribution is 2.26. The van der Waals surface area contributed by atoms with Gasteiger partial charge >= 0.3 is 0 Å². The number of halogens is 1. The van der Waals surface area contributed by atoms with E-state index in [9.17, 15) is 0 Å². The van der Waals surface area contributed by atoms with Gasteiger partial charge in [-0.1, -0.05) is 11.6 Å². The average molecular weight is 238 g/mol. The molecule has 2 heterocycles. The lowest BCUT2D eigenvalue weighted by Crippen LogP contribution is -2.26. The van der Waals surface area contributed by atoms with Crippen molar-refractivity contribution in [3.05, 3.63) is 23.2 Å². The molecule has 1 aliphatic heterocycles. The molecule has 1 aromatic carbocycles. The predicted octanol–water partition coefficient (Wildman–Crippen LogP) is 2.02. The van der Waals surface area contributed by atoms with Crippen molar-refractivity contribution < 1.29 is 4.42 Å². The van der Waals surface area contributed by atoms with Gasteiger partial charge in [-0.2, -0.15) is 4.98 Å². The monoisotopic (exact) mass is 237 g/mol. The third kappa shape index (κ3) is 1.64. The van der Waals surface area contributed by atoms with E-state index in [0.717, 1.165) is 30.6 Å². The van der Waals surface area contributed by atoms with E-state index in [-0.39, 0.29) is 6.04 Å². The van der Waals surface area contributed by atoms with Gasteiger partial charge in [0.1, 0.15) is 5.52 Å². The maximum atomic E-state index is 5.90. The molecule has 1 aromatic heterocycles. The standard InChI is InChI=1S/C11H12ClN3O/c12-7-1-2-10-9(5-7)14-11(16-10)15-4-3-8(13)6-15/h1-2,5,8H,3-4,6,13H2. The van der Waals surface area contributed by atoms with Gasteiger partial charge in [0, 0.05) is 24.2 Å². The van der Waals surface area contributed by atoms with Crippen LogP contribution >= 0.6 is 11.6 Å². The van der Waals surface area contributed by atoms with Crippen LogP contribution in [-0.4, -0.2) is 24.1 Å². The van der Waals surface area contributed by atoms with Crippen LogP contribution < -0.4 is 10.6 Å². The Bertz CT molecular complexity index is 525. The molecule has 1 saturated heterocycles. The fraction of sp³-hybridized carbons (Fsp3) is 0.364. The summed E-state index contributed by atoms with van der Waals surface area (Å²) in [5.74, 6) is 0. The molecular weight excluding hydrogens is 226 g/mol. The second kappa shape index (κ2) is 3.64. The molecule has 16 heavy (non-hydrogen) atoms. The molecule has 84 valence electrons. The smallest absolute Gasteiger partial charge is 0.298 e. The minimum atomic E-state index is 0.221. The summed E-state index contributed by atoms with van der Waals surface area (Å²) >= 11 is 5.90. The molecule has 0 spiro atoms. The number of oxazole rings is 1. The maximum Gasteiger partial charge on any atom is 0.298 e. The van der Waals surface area contributed by atoms with E-state index in [1.807, 2.05) is 6.07 Å². The number of anilines is 1. The highest BCUT2D eigenvalue weighted by atomic mass is 35.5. The van der Waals surface area contributed by atoms with E-state index in [0.29, 0.717) is 11.0 Å². The minimum absolute atomic E-state index is 0.221. The molecular formula is C11H12ClN3O. The highest BCUT2D eigenvalue weighted by Gasteiger charge is 2.23. The van der Waals surface area contributed by atoms with Crippen LogP contribution in [0.1, 0.15) is 6.42 Å². The van der Waals surface area contributed by atoms with Crippen molar-refractivity contribution in [2.75, 3.05) is 18.0 Å². The number of nitrogens with zero attached hydrogens (tertiary/aromatic N) is 2. The van der Waals surface area contributed by atoms with Gasteiger partial charge in [-0.05, 0) is 24.6 Å². The zero-order valence-electron chi connectivity index (χ0n) is 8.69. The molecule has 0 aliphatic carbocycles. The van der Waals surface area contributed by atoms with Crippen molar-refractivity contribution in [3.8, 4) is 0 Å². The van der Waals surface area contributed by atoms with Gasteiger partial charge in [-0.25, -0.2) is 0 Å². The topological polar surface area (TPSA) is 55.3 Å². The molecule has 0 bridgehead atoms. The van der Waals surface area contributed by atoms with Gasteiger partial charge in [0.05, 0.1) is 0 Å². The number of aromatic nitrogens is 1. The highest BCUT2D eigenvalue weighted by molar-refractivity contribution is 6.31. The zero-order valence-corrected chi connectivity index (χ0v) is 9.44. The van der Waals surface area contributed by atoms with Gasteiger partial charge < -0.3 is 15.1 Å². The van der Waals surface area contributed by atoms with Gasteiger partial charge in [0.25, 0.3) is 6.01 Å². The maximum absolute atomic E-state index is 5.90. The summed E-state index contributed by atoms with van der Waals surface area (Å²) in [5, 5.41) is 0.672.